The minimum atomic E-state index is -4.63. The Hall–Kier alpha value is -2.42. The molecule has 2 aromatic rings. The Kier molecular flexibility index (Phi) is 4.52. The van der Waals surface area contributed by atoms with Crippen LogP contribution in [0, 0.1) is 0 Å². The third-order valence-corrected chi connectivity index (χ3v) is 3.32. The van der Waals surface area contributed by atoms with Crippen LogP contribution in [0.1, 0.15) is 18.5 Å². The molecule has 24 heavy (non-hydrogen) atoms. The van der Waals surface area contributed by atoms with Gasteiger partial charge in [0.25, 0.3) is 0 Å². The van der Waals surface area contributed by atoms with Gasteiger partial charge in [0.2, 0.25) is 11.8 Å². The molecule has 5 nitrogen and oxygen atoms in total. The van der Waals surface area contributed by atoms with E-state index in [0.29, 0.717) is 5.75 Å². The highest BCUT2D eigenvalue weighted by molar-refractivity contribution is 7.80. The van der Waals surface area contributed by atoms with Crippen LogP contribution < -0.4 is 15.4 Å². The third-order valence-electron chi connectivity index (χ3n) is 3.10. The number of rotatable bonds is 4. The number of ether oxygens (including phenoxy) is 1. The SMILES string of the molecule is FC(F)(F)c1cc(Oc2ccccc2)nc(NC(=S)NC2CC2)n1. The summed E-state index contributed by atoms with van der Waals surface area (Å²) in [6, 6.07) is 9.40. The lowest BCUT2D eigenvalue weighted by Crippen LogP contribution is -2.31. The molecule has 1 aromatic carbocycles. The normalized spacial score (nSPS) is 14.1. The average Bonchev–Trinajstić information content (AvgIpc) is 3.31. The van der Waals surface area contributed by atoms with Gasteiger partial charge in [0.05, 0.1) is 0 Å². The van der Waals surface area contributed by atoms with Crippen molar-refractivity contribution in [2.24, 2.45) is 0 Å². The molecular formula is C15H13F3N4OS. The lowest BCUT2D eigenvalue weighted by atomic mass is 10.3. The van der Waals surface area contributed by atoms with Crippen molar-refractivity contribution in [2.45, 2.75) is 25.1 Å². The minimum absolute atomic E-state index is 0.183. The smallest absolute Gasteiger partial charge is 0.433 e. The molecule has 3 rings (SSSR count). The van der Waals surface area contributed by atoms with Crippen LogP contribution in [-0.4, -0.2) is 21.1 Å². The van der Waals surface area contributed by atoms with E-state index in [1.54, 1.807) is 30.3 Å². The van der Waals surface area contributed by atoms with Crippen molar-refractivity contribution in [2.75, 3.05) is 5.32 Å². The van der Waals surface area contributed by atoms with Crippen molar-refractivity contribution < 1.29 is 17.9 Å². The quantitative estimate of drug-likeness (QED) is 0.816. The first-order valence-electron chi connectivity index (χ1n) is 7.17. The Morgan fingerprint density at radius 3 is 2.50 bits per heavy atom. The number of thiocarbonyl (C=S) groups is 1. The van der Waals surface area contributed by atoms with E-state index in [1.165, 1.54) is 0 Å². The zero-order chi connectivity index (χ0) is 17.2. The number of nitrogens with one attached hydrogen (secondary N) is 2. The monoisotopic (exact) mass is 354 g/mol. The van der Waals surface area contributed by atoms with Gasteiger partial charge in [0.15, 0.2) is 10.8 Å². The zero-order valence-electron chi connectivity index (χ0n) is 12.3. The Labute approximate surface area is 141 Å². The largest absolute Gasteiger partial charge is 0.439 e. The van der Waals surface area contributed by atoms with Crippen LogP contribution in [0.3, 0.4) is 0 Å². The molecule has 0 atom stereocenters. The second kappa shape index (κ2) is 6.60. The summed E-state index contributed by atoms with van der Waals surface area (Å²) in [4.78, 5) is 7.40. The van der Waals surface area contributed by atoms with Gasteiger partial charge in [0.1, 0.15) is 5.75 Å². The summed E-state index contributed by atoms with van der Waals surface area (Å²) >= 11 is 5.04. The van der Waals surface area contributed by atoms with Gasteiger partial charge in [-0.15, -0.1) is 0 Å². The maximum absolute atomic E-state index is 13.0. The van der Waals surface area contributed by atoms with E-state index >= 15 is 0 Å². The molecule has 0 spiro atoms. The molecule has 0 unspecified atom stereocenters. The minimum Gasteiger partial charge on any atom is -0.439 e. The first-order valence-corrected chi connectivity index (χ1v) is 7.58. The summed E-state index contributed by atoms with van der Waals surface area (Å²) in [5.74, 6) is -0.122. The maximum Gasteiger partial charge on any atom is 0.433 e. The molecule has 1 aliphatic carbocycles. The number of hydrogen-bond acceptors (Lipinski definition) is 4. The van der Waals surface area contributed by atoms with Gasteiger partial charge in [-0.25, -0.2) is 4.98 Å². The molecule has 1 heterocycles. The summed E-state index contributed by atoms with van der Waals surface area (Å²) in [6.07, 6.45) is -2.67. The maximum atomic E-state index is 13.0. The van der Waals surface area contributed by atoms with E-state index < -0.39 is 11.9 Å². The number of benzene rings is 1. The van der Waals surface area contributed by atoms with Crippen LogP contribution in [0.4, 0.5) is 19.1 Å². The highest BCUT2D eigenvalue weighted by atomic mass is 32.1. The van der Waals surface area contributed by atoms with Crippen molar-refractivity contribution in [3.63, 3.8) is 0 Å². The van der Waals surface area contributed by atoms with Crippen molar-refractivity contribution in [3.05, 3.63) is 42.1 Å². The number of para-hydroxylation sites is 1. The molecule has 0 bridgehead atoms. The Morgan fingerprint density at radius 1 is 1.17 bits per heavy atom. The lowest BCUT2D eigenvalue weighted by Gasteiger charge is -2.13. The van der Waals surface area contributed by atoms with Gasteiger partial charge in [-0.1, -0.05) is 18.2 Å². The zero-order valence-corrected chi connectivity index (χ0v) is 13.1. The first kappa shape index (κ1) is 16.4. The average molecular weight is 354 g/mol. The fourth-order valence-electron chi connectivity index (χ4n) is 1.84. The van der Waals surface area contributed by atoms with Crippen molar-refractivity contribution in [1.29, 1.82) is 0 Å². The molecule has 1 aromatic heterocycles. The Bertz CT molecular complexity index is 735. The van der Waals surface area contributed by atoms with Crippen LogP contribution in [0.15, 0.2) is 36.4 Å². The van der Waals surface area contributed by atoms with E-state index in [-0.39, 0.29) is 23.0 Å². The summed E-state index contributed by atoms with van der Waals surface area (Å²) in [6.45, 7) is 0. The summed E-state index contributed by atoms with van der Waals surface area (Å²) < 4.78 is 44.4. The molecular weight excluding hydrogens is 341 g/mol. The number of halogens is 3. The van der Waals surface area contributed by atoms with Crippen LogP contribution in [-0.2, 0) is 6.18 Å². The fourth-order valence-corrected chi connectivity index (χ4v) is 2.10. The van der Waals surface area contributed by atoms with Gasteiger partial charge in [0, 0.05) is 12.1 Å². The van der Waals surface area contributed by atoms with Gasteiger partial charge in [-0.05, 0) is 37.2 Å². The third kappa shape index (κ3) is 4.54. The second-order valence-corrected chi connectivity index (χ2v) is 5.61. The van der Waals surface area contributed by atoms with Crippen molar-refractivity contribution in [3.8, 4) is 11.6 Å². The molecule has 1 saturated carbocycles. The van der Waals surface area contributed by atoms with Gasteiger partial charge in [-0.2, -0.15) is 18.2 Å². The summed E-state index contributed by atoms with van der Waals surface area (Å²) in [5.41, 5.74) is -1.11. The lowest BCUT2D eigenvalue weighted by molar-refractivity contribution is -0.141. The molecule has 0 saturated heterocycles. The highest BCUT2D eigenvalue weighted by Crippen LogP contribution is 2.31. The van der Waals surface area contributed by atoms with E-state index in [1.807, 2.05) is 0 Å². The summed E-state index contributed by atoms with van der Waals surface area (Å²) in [5, 5.41) is 5.70. The van der Waals surface area contributed by atoms with Crippen LogP contribution in [0.25, 0.3) is 0 Å². The molecule has 0 aliphatic heterocycles. The molecule has 1 fully saturated rings. The van der Waals surface area contributed by atoms with Crippen LogP contribution in [0.2, 0.25) is 0 Å². The highest BCUT2D eigenvalue weighted by Gasteiger charge is 2.34. The molecule has 2 N–H and O–H groups in total. The molecule has 9 heteroatoms. The predicted octanol–water partition coefficient (Wildman–Crippen LogP) is 3.74. The fraction of sp³-hybridized carbons (Fsp3) is 0.267. The van der Waals surface area contributed by atoms with Crippen LogP contribution >= 0.6 is 12.2 Å². The van der Waals surface area contributed by atoms with Gasteiger partial charge in [-0.3, -0.25) is 0 Å². The van der Waals surface area contributed by atoms with E-state index in [4.69, 9.17) is 17.0 Å². The Morgan fingerprint density at radius 2 is 1.88 bits per heavy atom. The van der Waals surface area contributed by atoms with E-state index in [2.05, 4.69) is 20.6 Å². The van der Waals surface area contributed by atoms with E-state index in [9.17, 15) is 13.2 Å². The van der Waals surface area contributed by atoms with Crippen molar-refractivity contribution >= 4 is 23.3 Å². The Balaban J connectivity index is 1.83. The molecule has 0 amide bonds. The van der Waals surface area contributed by atoms with Gasteiger partial charge >= 0.3 is 6.18 Å². The predicted molar refractivity (Wildman–Crippen MR) is 85.9 cm³/mol. The number of aromatic nitrogens is 2. The van der Waals surface area contributed by atoms with Crippen molar-refractivity contribution in [1.82, 2.24) is 15.3 Å². The number of nitrogens with zero attached hydrogens (tertiary/aromatic N) is 2. The van der Waals surface area contributed by atoms with Crippen LogP contribution in [0.5, 0.6) is 11.6 Å². The molecule has 1 aliphatic rings. The second-order valence-electron chi connectivity index (χ2n) is 5.20. The molecule has 126 valence electrons. The summed E-state index contributed by atoms with van der Waals surface area (Å²) in [7, 11) is 0. The number of alkyl halides is 3. The van der Waals surface area contributed by atoms with Gasteiger partial charge < -0.3 is 15.4 Å². The molecule has 0 radical (unpaired) electrons. The number of anilines is 1. The first-order chi connectivity index (χ1) is 11.4. The standard InChI is InChI=1S/C15H13F3N4OS/c16-15(17,18)11-8-12(23-10-4-2-1-3-5-10)21-13(20-11)22-14(24)19-9-6-7-9/h1-5,8-9H,6-7H2,(H2,19,20,21,22,24). The number of hydrogen-bond donors (Lipinski definition) is 2. The topological polar surface area (TPSA) is 59.1 Å². The van der Waals surface area contributed by atoms with E-state index in [0.717, 1.165) is 18.9 Å².